The molecule has 1 heterocycles. The van der Waals surface area contributed by atoms with Crippen LogP contribution in [0, 0.1) is 11.7 Å². The van der Waals surface area contributed by atoms with Crippen LogP contribution in [0.15, 0.2) is 85.2 Å². The molecule has 5 rings (SSSR count). The Balaban J connectivity index is 1.19. The number of fused-ring (bicyclic) bond motifs is 1. The SMILES string of the molecule is O=C(NCc1ccccc1)c1ccc([C@H]2C[C@H]2C(=O)Nc2ccc3cnccc3c2F)cc1. The lowest BCUT2D eigenvalue weighted by Gasteiger charge is -2.09. The van der Waals surface area contributed by atoms with Gasteiger partial charge in [-0.1, -0.05) is 48.5 Å². The zero-order valence-corrected chi connectivity index (χ0v) is 17.8. The number of aromatic nitrogens is 1. The molecule has 1 aliphatic carbocycles. The van der Waals surface area contributed by atoms with E-state index in [1.165, 1.54) is 6.20 Å². The summed E-state index contributed by atoms with van der Waals surface area (Å²) in [6.45, 7) is 0.466. The Kier molecular flexibility index (Phi) is 5.57. The number of amides is 2. The van der Waals surface area contributed by atoms with E-state index in [0.29, 0.717) is 29.3 Å². The van der Waals surface area contributed by atoms with Crippen LogP contribution in [0.3, 0.4) is 0 Å². The number of nitrogens with one attached hydrogen (secondary N) is 2. The second kappa shape index (κ2) is 8.82. The predicted molar refractivity (Wildman–Crippen MR) is 125 cm³/mol. The van der Waals surface area contributed by atoms with Gasteiger partial charge in [-0.25, -0.2) is 4.39 Å². The highest BCUT2D eigenvalue weighted by Crippen LogP contribution is 2.48. The lowest BCUT2D eigenvalue weighted by molar-refractivity contribution is -0.117. The van der Waals surface area contributed by atoms with Gasteiger partial charge in [0.2, 0.25) is 5.91 Å². The van der Waals surface area contributed by atoms with Gasteiger partial charge < -0.3 is 10.6 Å². The highest BCUT2D eigenvalue weighted by atomic mass is 19.1. The molecule has 2 amide bonds. The number of pyridine rings is 1. The minimum Gasteiger partial charge on any atom is -0.348 e. The standard InChI is InChI=1S/C27H22FN3O2/c28-25-21-12-13-29-16-20(21)10-11-24(25)31-27(33)23-14-22(23)18-6-8-19(9-7-18)26(32)30-15-17-4-2-1-3-5-17/h1-13,16,22-23H,14-15H2,(H,30,32)(H,31,33)/t22-,23-/m1/s1. The molecule has 0 bridgehead atoms. The van der Waals surface area contributed by atoms with E-state index >= 15 is 0 Å². The Morgan fingerprint density at radius 3 is 2.55 bits per heavy atom. The fourth-order valence-electron chi connectivity index (χ4n) is 4.07. The van der Waals surface area contributed by atoms with E-state index in [1.54, 1.807) is 36.5 Å². The highest BCUT2D eigenvalue weighted by molar-refractivity contribution is 5.98. The molecule has 1 aromatic heterocycles. The minimum atomic E-state index is -0.452. The van der Waals surface area contributed by atoms with Crippen LogP contribution in [0.5, 0.6) is 0 Å². The summed E-state index contributed by atoms with van der Waals surface area (Å²) in [6, 6.07) is 22.0. The average Bonchev–Trinajstić information content (AvgIpc) is 3.66. The molecular formula is C27H22FN3O2. The Bertz CT molecular complexity index is 1320. The van der Waals surface area contributed by atoms with E-state index in [-0.39, 0.29) is 29.3 Å². The molecule has 6 heteroatoms. The first-order valence-corrected chi connectivity index (χ1v) is 10.9. The molecule has 1 aliphatic rings. The molecule has 2 atom stereocenters. The van der Waals surface area contributed by atoms with Crippen LogP contribution >= 0.6 is 0 Å². The predicted octanol–water partition coefficient (Wildman–Crippen LogP) is 5.05. The summed E-state index contributed by atoms with van der Waals surface area (Å²) in [5.74, 6) is -0.935. The van der Waals surface area contributed by atoms with E-state index in [2.05, 4.69) is 15.6 Å². The lowest BCUT2D eigenvalue weighted by atomic mass is 10.1. The van der Waals surface area contributed by atoms with Crippen molar-refractivity contribution in [3.8, 4) is 0 Å². The molecular weight excluding hydrogens is 417 g/mol. The molecule has 1 saturated carbocycles. The van der Waals surface area contributed by atoms with Gasteiger partial charge in [-0.15, -0.1) is 0 Å². The van der Waals surface area contributed by atoms with Crippen molar-refractivity contribution in [2.45, 2.75) is 18.9 Å². The number of hydrogen-bond acceptors (Lipinski definition) is 3. The van der Waals surface area contributed by atoms with Gasteiger partial charge >= 0.3 is 0 Å². The van der Waals surface area contributed by atoms with E-state index < -0.39 is 5.82 Å². The van der Waals surface area contributed by atoms with Crippen molar-refractivity contribution in [2.75, 3.05) is 5.32 Å². The smallest absolute Gasteiger partial charge is 0.251 e. The van der Waals surface area contributed by atoms with Crippen LogP contribution in [-0.2, 0) is 11.3 Å². The summed E-state index contributed by atoms with van der Waals surface area (Å²) >= 11 is 0. The molecule has 0 spiro atoms. The van der Waals surface area contributed by atoms with Gasteiger partial charge in [0.15, 0.2) is 5.82 Å². The second-order valence-corrected chi connectivity index (χ2v) is 8.25. The van der Waals surface area contributed by atoms with E-state index in [4.69, 9.17) is 0 Å². The Morgan fingerprint density at radius 1 is 0.970 bits per heavy atom. The summed E-state index contributed by atoms with van der Waals surface area (Å²) in [4.78, 5) is 29.1. The van der Waals surface area contributed by atoms with Gasteiger partial charge in [0, 0.05) is 41.2 Å². The fraction of sp³-hybridized carbons (Fsp3) is 0.148. The molecule has 5 nitrogen and oxygen atoms in total. The number of rotatable bonds is 6. The maximum Gasteiger partial charge on any atom is 0.251 e. The van der Waals surface area contributed by atoms with Gasteiger partial charge in [0.1, 0.15) is 0 Å². The largest absolute Gasteiger partial charge is 0.348 e. The van der Waals surface area contributed by atoms with Crippen LogP contribution in [0.4, 0.5) is 10.1 Å². The fourth-order valence-corrected chi connectivity index (χ4v) is 4.07. The first-order valence-electron chi connectivity index (χ1n) is 10.9. The molecule has 4 aromatic rings. The first kappa shape index (κ1) is 20.8. The number of halogens is 1. The van der Waals surface area contributed by atoms with Crippen LogP contribution < -0.4 is 10.6 Å². The molecule has 164 valence electrons. The number of nitrogens with zero attached hydrogens (tertiary/aromatic N) is 1. The molecule has 1 fully saturated rings. The number of benzene rings is 3. The second-order valence-electron chi connectivity index (χ2n) is 8.25. The van der Waals surface area contributed by atoms with Crippen LogP contribution in [-0.4, -0.2) is 16.8 Å². The molecule has 0 radical (unpaired) electrons. The number of hydrogen-bond donors (Lipinski definition) is 2. The van der Waals surface area contributed by atoms with Crippen molar-refractivity contribution in [3.05, 3.63) is 108 Å². The lowest BCUT2D eigenvalue weighted by Crippen LogP contribution is -2.22. The van der Waals surface area contributed by atoms with Crippen molar-refractivity contribution in [2.24, 2.45) is 5.92 Å². The topological polar surface area (TPSA) is 71.1 Å². The van der Waals surface area contributed by atoms with Crippen molar-refractivity contribution < 1.29 is 14.0 Å². The van der Waals surface area contributed by atoms with Crippen molar-refractivity contribution in [3.63, 3.8) is 0 Å². The third-order valence-corrected chi connectivity index (χ3v) is 6.04. The van der Waals surface area contributed by atoms with Crippen molar-refractivity contribution >= 4 is 28.3 Å². The van der Waals surface area contributed by atoms with Gasteiger partial charge in [-0.2, -0.15) is 0 Å². The van der Waals surface area contributed by atoms with E-state index in [9.17, 15) is 14.0 Å². The average molecular weight is 439 g/mol. The summed E-state index contributed by atoms with van der Waals surface area (Å²) in [5.41, 5.74) is 2.78. The molecule has 3 aromatic carbocycles. The zero-order valence-electron chi connectivity index (χ0n) is 17.8. The van der Waals surface area contributed by atoms with Crippen LogP contribution in [0.25, 0.3) is 10.8 Å². The molecule has 33 heavy (non-hydrogen) atoms. The number of carbonyl (C=O) groups excluding carboxylic acids is 2. The monoisotopic (exact) mass is 439 g/mol. The van der Waals surface area contributed by atoms with Gasteiger partial charge in [-0.05, 0) is 47.7 Å². The third-order valence-electron chi connectivity index (χ3n) is 6.04. The highest BCUT2D eigenvalue weighted by Gasteiger charge is 2.44. The first-order chi connectivity index (χ1) is 16.1. The normalized spacial score (nSPS) is 16.9. The third kappa shape index (κ3) is 4.46. The van der Waals surface area contributed by atoms with Gasteiger partial charge in [0.05, 0.1) is 5.69 Å². The summed E-state index contributed by atoms with van der Waals surface area (Å²) < 4.78 is 14.7. The maximum atomic E-state index is 14.7. The molecule has 0 aliphatic heterocycles. The number of anilines is 1. The van der Waals surface area contributed by atoms with Crippen molar-refractivity contribution in [1.29, 1.82) is 0 Å². The van der Waals surface area contributed by atoms with Crippen LogP contribution in [0.1, 0.15) is 33.8 Å². The van der Waals surface area contributed by atoms with E-state index in [0.717, 1.165) is 11.1 Å². The van der Waals surface area contributed by atoms with Crippen molar-refractivity contribution in [1.82, 2.24) is 10.3 Å². The minimum absolute atomic E-state index is 0.0687. The van der Waals surface area contributed by atoms with Gasteiger partial charge in [0.25, 0.3) is 5.91 Å². The molecule has 0 saturated heterocycles. The molecule has 0 unspecified atom stereocenters. The Hall–Kier alpha value is -4.06. The molecule has 2 N–H and O–H groups in total. The summed E-state index contributed by atoms with van der Waals surface area (Å²) in [5, 5.41) is 6.75. The zero-order chi connectivity index (χ0) is 22.8. The summed E-state index contributed by atoms with van der Waals surface area (Å²) in [6.07, 6.45) is 3.82. The number of carbonyl (C=O) groups is 2. The van der Waals surface area contributed by atoms with E-state index in [1.807, 2.05) is 42.5 Å². The van der Waals surface area contributed by atoms with Crippen LogP contribution in [0.2, 0.25) is 0 Å². The van der Waals surface area contributed by atoms with Gasteiger partial charge in [-0.3, -0.25) is 14.6 Å². The maximum absolute atomic E-state index is 14.7. The Morgan fingerprint density at radius 2 is 1.76 bits per heavy atom. The summed E-state index contributed by atoms with van der Waals surface area (Å²) in [7, 11) is 0. The Labute approximate surface area is 190 Å². The quantitative estimate of drug-likeness (QED) is 0.442.